The van der Waals surface area contributed by atoms with Crippen LogP contribution in [0.5, 0.6) is 0 Å². The molecule has 0 radical (unpaired) electrons. The smallest absolute Gasteiger partial charge is 0.347 e. The fourth-order valence-corrected chi connectivity index (χ4v) is 13.8. The van der Waals surface area contributed by atoms with Gasteiger partial charge in [0.1, 0.15) is 11.2 Å². The minimum Gasteiger partial charge on any atom is -0.463 e. The Morgan fingerprint density at radius 1 is 0.821 bits per heavy atom. The van der Waals surface area contributed by atoms with E-state index in [9.17, 15) is 14.7 Å². The zero-order chi connectivity index (χ0) is 51.4. The molecule has 4 fully saturated rings. The normalized spacial score (nSPS) is 32.6. The van der Waals surface area contributed by atoms with E-state index in [2.05, 4.69) is 131 Å². The molecular weight excluding hydrogens is 841 g/mol. The SMILES string of the molecule is C=C1CC(C)(O)CC(CC)(OC(=O)C(CC(C)(CC)C(C)(C)C(CC(C)(C)C(C)(C)C(C)(CC(C)(C)C)C(=O)OC2(C)C(C)CC3CC(CC)CC2C3)C(=O)OC2CCOC2=O)C(C)(C)C)C1. The van der Waals surface area contributed by atoms with Crippen molar-refractivity contribution in [2.24, 2.45) is 73.4 Å². The number of hydrogen-bond acceptors (Lipinski definition) is 9. The van der Waals surface area contributed by atoms with Gasteiger partial charge in [0, 0.05) is 19.3 Å². The molecule has 1 saturated heterocycles. The first-order chi connectivity index (χ1) is 30.3. The Labute approximate surface area is 409 Å². The van der Waals surface area contributed by atoms with E-state index >= 15 is 9.59 Å². The molecule has 2 bridgehead atoms. The zero-order valence-corrected chi connectivity index (χ0v) is 46.6. The first kappa shape index (κ1) is 57.2. The number of ether oxygens (including phenoxy) is 4. The molecule has 67 heavy (non-hydrogen) atoms. The van der Waals surface area contributed by atoms with E-state index in [0.29, 0.717) is 75.5 Å². The van der Waals surface area contributed by atoms with Crippen LogP contribution in [-0.2, 0) is 38.1 Å². The van der Waals surface area contributed by atoms with Gasteiger partial charge in [-0.3, -0.25) is 14.4 Å². The highest BCUT2D eigenvalue weighted by atomic mass is 16.6. The number of hydrogen-bond donors (Lipinski definition) is 1. The zero-order valence-electron chi connectivity index (χ0n) is 46.6. The predicted octanol–water partition coefficient (Wildman–Crippen LogP) is 13.8. The summed E-state index contributed by atoms with van der Waals surface area (Å²) in [6.07, 6.45) is 8.77. The average Bonchev–Trinajstić information content (AvgIpc) is 3.58. The van der Waals surface area contributed by atoms with Crippen LogP contribution in [0, 0.1) is 73.4 Å². The summed E-state index contributed by atoms with van der Waals surface area (Å²) in [5, 5.41) is 11.3. The Balaban J connectivity index is 1.80. The quantitative estimate of drug-likeness (QED) is 0.0812. The molecule has 0 spiro atoms. The van der Waals surface area contributed by atoms with Crippen LogP contribution in [0.3, 0.4) is 0 Å². The Kier molecular flexibility index (Phi) is 16.8. The van der Waals surface area contributed by atoms with Crippen molar-refractivity contribution in [3.8, 4) is 0 Å². The topological polar surface area (TPSA) is 125 Å². The first-order valence-corrected chi connectivity index (χ1v) is 26.5. The van der Waals surface area contributed by atoms with Gasteiger partial charge in [0.2, 0.25) is 6.10 Å². The van der Waals surface area contributed by atoms with Crippen LogP contribution < -0.4 is 0 Å². The van der Waals surface area contributed by atoms with Crippen molar-refractivity contribution >= 4 is 23.9 Å². The van der Waals surface area contributed by atoms with Crippen molar-refractivity contribution < 1.29 is 43.2 Å². The second kappa shape index (κ2) is 19.6. The lowest BCUT2D eigenvalue weighted by Crippen LogP contribution is -2.59. The lowest BCUT2D eigenvalue weighted by atomic mass is 9.47. The Morgan fingerprint density at radius 3 is 1.93 bits per heavy atom. The van der Waals surface area contributed by atoms with Crippen LogP contribution in [0.1, 0.15) is 228 Å². The molecule has 3 saturated carbocycles. The lowest BCUT2D eigenvalue weighted by molar-refractivity contribution is -0.211. The van der Waals surface area contributed by atoms with Gasteiger partial charge in [-0.2, -0.15) is 0 Å². The van der Waals surface area contributed by atoms with Crippen LogP contribution in [0.25, 0.3) is 0 Å². The van der Waals surface area contributed by atoms with Crippen molar-refractivity contribution in [3.63, 3.8) is 0 Å². The molecule has 0 aromatic carbocycles. The summed E-state index contributed by atoms with van der Waals surface area (Å²) in [5.41, 5.74) is -6.23. The Morgan fingerprint density at radius 2 is 1.43 bits per heavy atom. The Bertz CT molecular complexity index is 1810. The van der Waals surface area contributed by atoms with Crippen LogP contribution in [0.4, 0.5) is 0 Å². The van der Waals surface area contributed by atoms with Gasteiger partial charge < -0.3 is 24.1 Å². The summed E-state index contributed by atoms with van der Waals surface area (Å²) in [7, 11) is 0. The van der Waals surface area contributed by atoms with E-state index in [1.165, 1.54) is 6.42 Å². The molecule has 4 aliphatic rings. The van der Waals surface area contributed by atoms with Crippen LogP contribution in [0.2, 0.25) is 0 Å². The van der Waals surface area contributed by atoms with Crippen LogP contribution >= 0.6 is 0 Å². The fourth-order valence-electron chi connectivity index (χ4n) is 13.8. The number of carbonyl (C=O) groups is 4. The highest BCUT2D eigenvalue weighted by molar-refractivity contribution is 5.82. The van der Waals surface area contributed by atoms with Gasteiger partial charge in [-0.15, -0.1) is 0 Å². The standard InChI is InChI=1S/C58H100O9/c1-22-39-28-40-27-38(5)57(21,41(29-39)30-40)67-48(62)56(20,35-49(6,7)8)53(16,17)51(12,13)33-43(45(59)65-44-25-26-64-47(44)61)52(14,15)54(18,23-2)34-42(50(9,10)11)46(60)66-58(24-3)32-37(4)31-55(19,63)36-58/h38-44,63H,4,22-36H2,1-3,5-21H3. The molecule has 12 unspecified atom stereocenters. The van der Waals surface area contributed by atoms with Crippen molar-refractivity contribution in [1.29, 1.82) is 0 Å². The van der Waals surface area contributed by atoms with E-state index in [1.807, 2.05) is 6.92 Å². The van der Waals surface area contributed by atoms with E-state index in [4.69, 9.17) is 18.9 Å². The highest BCUT2D eigenvalue weighted by Crippen LogP contribution is 2.63. The van der Waals surface area contributed by atoms with Gasteiger partial charge in [-0.05, 0) is 135 Å². The first-order valence-electron chi connectivity index (χ1n) is 26.5. The van der Waals surface area contributed by atoms with Gasteiger partial charge in [-0.1, -0.05) is 143 Å². The molecule has 0 amide bonds. The molecule has 4 rings (SSSR count). The Hall–Kier alpha value is -2.42. The predicted molar refractivity (Wildman–Crippen MR) is 269 cm³/mol. The van der Waals surface area contributed by atoms with Crippen molar-refractivity contribution in [1.82, 2.24) is 0 Å². The van der Waals surface area contributed by atoms with Gasteiger partial charge in [0.15, 0.2) is 0 Å². The monoisotopic (exact) mass is 941 g/mol. The molecule has 1 aliphatic heterocycles. The average molecular weight is 941 g/mol. The van der Waals surface area contributed by atoms with E-state index < -0.39 is 79.2 Å². The minimum atomic E-state index is -1.04. The molecule has 1 N–H and O–H groups in total. The van der Waals surface area contributed by atoms with Gasteiger partial charge in [-0.25, -0.2) is 4.79 Å². The fraction of sp³-hybridized carbons (Fsp3) is 0.897. The second-order valence-electron chi connectivity index (χ2n) is 28.0. The molecule has 3 aliphatic carbocycles. The number of fused-ring (bicyclic) bond motifs is 2. The summed E-state index contributed by atoms with van der Waals surface area (Å²) in [6, 6.07) is 0. The molecule has 1 heterocycles. The molecule has 0 aromatic heterocycles. The molecule has 9 heteroatoms. The maximum Gasteiger partial charge on any atom is 0.347 e. The van der Waals surface area contributed by atoms with E-state index in [-0.39, 0.29) is 29.9 Å². The number of rotatable bonds is 18. The van der Waals surface area contributed by atoms with E-state index in [1.54, 1.807) is 6.92 Å². The molecule has 12 atom stereocenters. The summed E-state index contributed by atoms with van der Waals surface area (Å²) >= 11 is 0. The number of aliphatic hydroxyl groups is 1. The maximum atomic E-state index is 15.5. The lowest BCUT2D eigenvalue weighted by Gasteiger charge is -2.58. The number of cyclic esters (lactones) is 1. The minimum absolute atomic E-state index is 0.170. The summed E-state index contributed by atoms with van der Waals surface area (Å²) in [6.45, 7) is 47.1. The third-order valence-corrected chi connectivity index (χ3v) is 19.9. The van der Waals surface area contributed by atoms with Crippen molar-refractivity contribution in [2.45, 2.75) is 251 Å². The second-order valence-corrected chi connectivity index (χ2v) is 28.0. The van der Waals surface area contributed by atoms with Gasteiger partial charge >= 0.3 is 23.9 Å². The highest BCUT2D eigenvalue weighted by Gasteiger charge is 2.62. The summed E-state index contributed by atoms with van der Waals surface area (Å²) < 4.78 is 25.2. The summed E-state index contributed by atoms with van der Waals surface area (Å²) in [5.74, 6) is -0.931. The van der Waals surface area contributed by atoms with Crippen LogP contribution in [0.15, 0.2) is 12.2 Å². The van der Waals surface area contributed by atoms with Gasteiger partial charge in [0.05, 0.1) is 29.5 Å². The molecule has 0 aromatic rings. The number of carbonyl (C=O) groups excluding carboxylic acids is 4. The molecule has 386 valence electrons. The maximum absolute atomic E-state index is 15.5. The third kappa shape index (κ3) is 11.9. The van der Waals surface area contributed by atoms with Crippen molar-refractivity contribution in [2.75, 3.05) is 6.61 Å². The van der Waals surface area contributed by atoms with Crippen LogP contribution in [-0.4, -0.2) is 58.5 Å². The van der Waals surface area contributed by atoms with Gasteiger partial charge in [0.25, 0.3) is 0 Å². The summed E-state index contributed by atoms with van der Waals surface area (Å²) in [4.78, 5) is 58.5. The molecule has 9 nitrogen and oxygen atoms in total. The number of esters is 4. The van der Waals surface area contributed by atoms with Crippen molar-refractivity contribution in [3.05, 3.63) is 12.2 Å². The largest absolute Gasteiger partial charge is 0.463 e. The molecular formula is C58H100O9. The van der Waals surface area contributed by atoms with E-state index in [0.717, 1.165) is 31.3 Å². The third-order valence-electron chi connectivity index (χ3n) is 19.9.